The van der Waals surface area contributed by atoms with Crippen molar-refractivity contribution in [1.29, 1.82) is 0 Å². The van der Waals surface area contributed by atoms with Gasteiger partial charge in [0.1, 0.15) is 0 Å². The minimum absolute atomic E-state index is 0.188. The Morgan fingerprint density at radius 1 is 0.960 bits per heavy atom. The van der Waals surface area contributed by atoms with Gasteiger partial charge in [-0.2, -0.15) is 0 Å². The number of likely N-dealkylation sites (N-methyl/N-ethyl adjacent to an activating group) is 1. The summed E-state index contributed by atoms with van der Waals surface area (Å²) in [5.41, 5.74) is 1.39. The van der Waals surface area contributed by atoms with Crippen molar-refractivity contribution in [2.75, 3.05) is 32.5 Å². The van der Waals surface area contributed by atoms with Gasteiger partial charge in [0.05, 0.1) is 10.0 Å². The first kappa shape index (κ1) is 19.2. The fourth-order valence-electron chi connectivity index (χ4n) is 2.07. The van der Waals surface area contributed by atoms with E-state index in [1.165, 1.54) is 6.07 Å². The van der Waals surface area contributed by atoms with Crippen molar-refractivity contribution < 1.29 is 9.59 Å². The molecule has 0 aliphatic heterocycles. The zero-order valence-corrected chi connectivity index (χ0v) is 15.5. The summed E-state index contributed by atoms with van der Waals surface area (Å²) in [6.07, 6.45) is 0. The molecular weight excluding hydrogens is 361 g/mol. The van der Waals surface area contributed by atoms with E-state index in [-0.39, 0.29) is 11.8 Å². The molecule has 0 radical (unpaired) electrons. The zero-order valence-electron chi connectivity index (χ0n) is 14.0. The van der Waals surface area contributed by atoms with Gasteiger partial charge in [0.25, 0.3) is 11.8 Å². The maximum Gasteiger partial charge on any atom is 0.255 e. The fourth-order valence-corrected chi connectivity index (χ4v) is 2.37. The number of carbonyl (C=O) groups excluding carboxylic acids is 2. The second kappa shape index (κ2) is 8.85. The molecule has 0 heterocycles. The molecule has 0 aliphatic carbocycles. The first-order valence-corrected chi connectivity index (χ1v) is 8.42. The van der Waals surface area contributed by atoms with Crippen molar-refractivity contribution in [1.82, 2.24) is 10.2 Å². The highest BCUT2D eigenvalue weighted by Crippen LogP contribution is 2.23. The van der Waals surface area contributed by atoms with Crippen molar-refractivity contribution in [3.63, 3.8) is 0 Å². The minimum Gasteiger partial charge on any atom is -0.351 e. The average Bonchev–Trinajstić information content (AvgIpc) is 2.57. The Hall–Kier alpha value is -2.08. The number of benzene rings is 2. The Morgan fingerprint density at radius 3 is 2.36 bits per heavy atom. The first-order chi connectivity index (χ1) is 11.9. The van der Waals surface area contributed by atoms with Crippen LogP contribution in [0.1, 0.15) is 20.7 Å². The largest absolute Gasteiger partial charge is 0.351 e. The summed E-state index contributed by atoms with van der Waals surface area (Å²) in [6, 6.07) is 11.4. The lowest BCUT2D eigenvalue weighted by Crippen LogP contribution is -2.31. The van der Waals surface area contributed by atoms with E-state index >= 15 is 0 Å². The second-order valence-electron chi connectivity index (χ2n) is 5.72. The summed E-state index contributed by atoms with van der Waals surface area (Å²) >= 11 is 11.8. The van der Waals surface area contributed by atoms with Crippen LogP contribution >= 0.6 is 23.2 Å². The maximum absolute atomic E-state index is 12.3. The number of carbonyl (C=O) groups is 2. The molecule has 0 spiro atoms. The summed E-state index contributed by atoms with van der Waals surface area (Å²) in [5.74, 6) is -0.517. The predicted molar refractivity (Wildman–Crippen MR) is 102 cm³/mol. The van der Waals surface area contributed by atoms with Crippen molar-refractivity contribution in [2.24, 2.45) is 0 Å². The van der Waals surface area contributed by atoms with E-state index in [2.05, 4.69) is 10.6 Å². The normalized spacial score (nSPS) is 10.6. The molecule has 0 unspecified atom stereocenters. The Morgan fingerprint density at radius 2 is 1.68 bits per heavy atom. The van der Waals surface area contributed by atoms with Crippen LogP contribution in [0.25, 0.3) is 0 Å². The standard InChI is InChI=1S/C18H19Cl2N3O2/c1-23(2)9-8-21-17(24)12-4-3-5-14(10-12)22-18(25)13-6-7-15(19)16(20)11-13/h3-7,10-11H,8-9H2,1-2H3,(H,21,24)(H,22,25). The Bertz CT molecular complexity index is 779. The number of nitrogens with zero attached hydrogens (tertiary/aromatic N) is 1. The second-order valence-corrected chi connectivity index (χ2v) is 6.54. The van der Waals surface area contributed by atoms with E-state index in [4.69, 9.17) is 23.2 Å². The zero-order chi connectivity index (χ0) is 18.4. The molecule has 0 atom stereocenters. The molecule has 2 aromatic carbocycles. The van der Waals surface area contributed by atoms with Crippen LogP contribution in [0.2, 0.25) is 10.0 Å². The smallest absolute Gasteiger partial charge is 0.255 e. The highest BCUT2D eigenvalue weighted by molar-refractivity contribution is 6.42. The molecule has 25 heavy (non-hydrogen) atoms. The molecule has 2 aromatic rings. The van der Waals surface area contributed by atoms with E-state index in [1.807, 2.05) is 19.0 Å². The Balaban J connectivity index is 2.04. The number of nitrogens with one attached hydrogen (secondary N) is 2. The van der Waals surface area contributed by atoms with Gasteiger partial charge in [-0.1, -0.05) is 29.3 Å². The Labute approximate surface area is 156 Å². The highest BCUT2D eigenvalue weighted by atomic mass is 35.5. The van der Waals surface area contributed by atoms with Crippen molar-refractivity contribution in [3.05, 3.63) is 63.6 Å². The van der Waals surface area contributed by atoms with Crippen LogP contribution in [0.4, 0.5) is 5.69 Å². The van der Waals surface area contributed by atoms with E-state index in [0.29, 0.717) is 33.4 Å². The summed E-state index contributed by atoms with van der Waals surface area (Å²) in [5, 5.41) is 6.27. The number of hydrogen-bond acceptors (Lipinski definition) is 3. The number of rotatable bonds is 6. The summed E-state index contributed by atoms with van der Waals surface area (Å²) < 4.78 is 0. The molecule has 132 valence electrons. The summed E-state index contributed by atoms with van der Waals surface area (Å²) in [7, 11) is 3.87. The summed E-state index contributed by atoms with van der Waals surface area (Å²) in [4.78, 5) is 26.4. The molecule has 0 aliphatic rings. The van der Waals surface area contributed by atoms with Gasteiger partial charge in [-0.05, 0) is 50.5 Å². The van der Waals surface area contributed by atoms with Crippen LogP contribution in [-0.4, -0.2) is 43.9 Å². The minimum atomic E-state index is -0.330. The van der Waals surface area contributed by atoms with Gasteiger partial charge in [0.15, 0.2) is 0 Å². The molecule has 0 aromatic heterocycles. The molecule has 0 saturated carbocycles. The third-order valence-corrected chi connectivity index (χ3v) is 4.15. The van der Waals surface area contributed by atoms with Gasteiger partial charge >= 0.3 is 0 Å². The first-order valence-electron chi connectivity index (χ1n) is 7.66. The number of anilines is 1. The molecule has 2 N–H and O–H groups in total. The van der Waals surface area contributed by atoms with Crippen LogP contribution in [0.3, 0.4) is 0 Å². The van der Waals surface area contributed by atoms with Crippen LogP contribution in [0, 0.1) is 0 Å². The van der Waals surface area contributed by atoms with Gasteiger partial charge in [-0.15, -0.1) is 0 Å². The van der Waals surface area contributed by atoms with Crippen LogP contribution < -0.4 is 10.6 Å². The van der Waals surface area contributed by atoms with E-state index in [0.717, 1.165) is 6.54 Å². The lowest BCUT2D eigenvalue weighted by Gasteiger charge is -2.11. The third kappa shape index (κ3) is 5.74. The van der Waals surface area contributed by atoms with Gasteiger partial charge in [0, 0.05) is 29.9 Å². The molecule has 0 fully saturated rings. The highest BCUT2D eigenvalue weighted by Gasteiger charge is 2.10. The quantitative estimate of drug-likeness (QED) is 0.806. The van der Waals surface area contributed by atoms with Gasteiger partial charge < -0.3 is 15.5 Å². The lowest BCUT2D eigenvalue weighted by molar-refractivity contribution is 0.0949. The van der Waals surface area contributed by atoms with Crippen molar-refractivity contribution in [3.8, 4) is 0 Å². The van der Waals surface area contributed by atoms with E-state index in [1.54, 1.807) is 36.4 Å². The maximum atomic E-state index is 12.3. The van der Waals surface area contributed by atoms with E-state index in [9.17, 15) is 9.59 Å². The SMILES string of the molecule is CN(C)CCNC(=O)c1cccc(NC(=O)c2ccc(Cl)c(Cl)c2)c1. The predicted octanol–water partition coefficient (Wildman–Crippen LogP) is 3.54. The third-order valence-electron chi connectivity index (χ3n) is 3.41. The fraction of sp³-hybridized carbons (Fsp3) is 0.222. The van der Waals surface area contributed by atoms with E-state index < -0.39 is 0 Å². The molecule has 2 amide bonds. The molecule has 0 bridgehead atoms. The molecule has 0 saturated heterocycles. The van der Waals surface area contributed by atoms with Crippen molar-refractivity contribution >= 4 is 40.7 Å². The molecule has 5 nitrogen and oxygen atoms in total. The molecule has 2 rings (SSSR count). The number of amides is 2. The average molecular weight is 380 g/mol. The van der Waals surface area contributed by atoms with Gasteiger partial charge in [0.2, 0.25) is 0 Å². The van der Waals surface area contributed by atoms with Crippen LogP contribution in [0.5, 0.6) is 0 Å². The number of halogens is 2. The molecular formula is C18H19Cl2N3O2. The number of hydrogen-bond donors (Lipinski definition) is 2. The van der Waals surface area contributed by atoms with Crippen molar-refractivity contribution in [2.45, 2.75) is 0 Å². The van der Waals surface area contributed by atoms with Gasteiger partial charge in [-0.3, -0.25) is 9.59 Å². The van der Waals surface area contributed by atoms with Crippen LogP contribution in [0.15, 0.2) is 42.5 Å². The topological polar surface area (TPSA) is 61.4 Å². The van der Waals surface area contributed by atoms with Crippen LogP contribution in [-0.2, 0) is 0 Å². The Kier molecular flexibility index (Phi) is 6.82. The lowest BCUT2D eigenvalue weighted by atomic mass is 10.1. The molecule has 7 heteroatoms. The van der Waals surface area contributed by atoms with Gasteiger partial charge in [-0.25, -0.2) is 0 Å². The monoisotopic (exact) mass is 379 g/mol. The summed E-state index contributed by atoms with van der Waals surface area (Å²) in [6.45, 7) is 1.30.